The maximum Gasteiger partial charge on any atom is 0.129 e. The maximum atomic E-state index is 4.84. The van der Waals surface area contributed by atoms with Gasteiger partial charge < -0.3 is 10.2 Å². The molecular formula is C18H31N3. The van der Waals surface area contributed by atoms with Crippen LogP contribution in [0.15, 0.2) is 12.1 Å². The highest BCUT2D eigenvalue weighted by Crippen LogP contribution is 2.35. The number of anilines is 1. The summed E-state index contributed by atoms with van der Waals surface area (Å²) < 4.78 is 0. The summed E-state index contributed by atoms with van der Waals surface area (Å²) in [5.74, 6) is 2.01. The van der Waals surface area contributed by atoms with Crippen molar-refractivity contribution in [3.05, 3.63) is 23.4 Å². The van der Waals surface area contributed by atoms with E-state index in [1.54, 1.807) is 0 Å². The molecule has 1 aromatic rings. The molecule has 1 N–H and O–H groups in total. The molecule has 0 bridgehead atoms. The highest BCUT2D eigenvalue weighted by Gasteiger charge is 2.29. The second-order valence-corrected chi connectivity index (χ2v) is 7.34. The Morgan fingerprint density at radius 2 is 1.90 bits per heavy atom. The Morgan fingerprint density at radius 1 is 1.24 bits per heavy atom. The van der Waals surface area contributed by atoms with Crippen molar-refractivity contribution in [2.45, 2.75) is 53.5 Å². The van der Waals surface area contributed by atoms with E-state index in [0.717, 1.165) is 32.0 Å². The van der Waals surface area contributed by atoms with Crippen LogP contribution in [0.25, 0.3) is 0 Å². The highest BCUT2D eigenvalue weighted by atomic mass is 15.2. The molecule has 3 nitrogen and oxygen atoms in total. The monoisotopic (exact) mass is 289 g/mol. The molecule has 0 radical (unpaired) electrons. The van der Waals surface area contributed by atoms with Gasteiger partial charge in [-0.3, -0.25) is 0 Å². The normalized spacial score (nSPS) is 17.3. The molecule has 1 fully saturated rings. The molecule has 118 valence electrons. The zero-order valence-electron chi connectivity index (χ0n) is 14.4. The molecule has 3 heteroatoms. The largest absolute Gasteiger partial charge is 0.357 e. The smallest absolute Gasteiger partial charge is 0.129 e. The predicted molar refractivity (Wildman–Crippen MR) is 90.8 cm³/mol. The van der Waals surface area contributed by atoms with Gasteiger partial charge in [0.15, 0.2) is 0 Å². The molecule has 1 aromatic heterocycles. The van der Waals surface area contributed by atoms with Gasteiger partial charge in [-0.25, -0.2) is 4.98 Å². The van der Waals surface area contributed by atoms with Gasteiger partial charge in [-0.05, 0) is 55.3 Å². The number of pyridine rings is 1. The van der Waals surface area contributed by atoms with Crippen LogP contribution < -0.4 is 10.2 Å². The molecule has 0 spiro atoms. The lowest BCUT2D eigenvalue weighted by atomic mass is 9.75. The van der Waals surface area contributed by atoms with Crippen LogP contribution in [0.3, 0.4) is 0 Å². The molecule has 0 amide bonds. The van der Waals surface area contributed by atoms with Gasteiger partial charge in [0.1, 0.15) is 5.82 Å². The molecule has 1 aliphatic rings. The van der Waals surface area contributed by atoms with Crippen LogP contribution in [0.2, 0.25) is 0 Å². The highest BCUT2D eigenvalue weighted by molar-refractivity contribution is 5.43. The Bertz CT molecular complexity index is 454. The fourth-order valence-electron chi connectivity index (χ4n) is 3.26. The van der Waals surface area contributed by atoms with E-state index >= 15 is 0 Å². The topological polar surface area (TPSA) is 28.2 Å². The number of nitrogens with one attached hydrogen (secondary N) is 1. The van der Waals surface area contributed by atoms with Gasteiger partial charge in [-0.1, -0.05) is 27.7 Å². The molecule has 0 aromatic carbocycles. The molecule has 21 heavy (non-hydrogen) atoms. The van der Waals surface area contributed by atoms with E-state index in [2.05, 4.69) is 50.0 Å². The lowest BCUT2D eigenvalue weighted by molar-refractivity contribution is 0.198. The van der Waals surface area contributed by atoms with Crippen molar-refractivity contribution in [2.24, 2.45) is 11.3 Å². The van der Waals surface area contributed by atoms with Crippen molar-refractivity contribution in [1.29, 1.82) is 0 Å². The molecular weight excluding hydrogens is 258 g/mol. The second kappa shape index (κ2) is 6.78. The number of hydrogen-bond donors (Lipinski definition) is 1. The number of aromatic nitrogens is 1. The Kier molecular flexibility index (Phi) is 5.26. The summed E-state index contributed by atoms with van der Waals surface area (Å²) in [5, 5.41) is 3.25. The molecule has 0 unspecified atom stereocenters. The fourth-order valence-corrected chi connectivity index (χ4v) is 3.26. The van der Waals surface area contributed by atoms with Crippen LogP contribution >= 0.6 is 0 Å². The molecule has 0 saturated carbocycles. The number of rotatable bonds is 4. The molecule has 0 atom stereocenters. The predicted octanol–water partition coefficient (Wildman–Crippen LogP) is 3.63. The molecule has 2 heterocycles. The SMILES string of the molecule is CCc1cc(CNC)cc(N2CCC(C(C)(C)C)CC2)n1. The third-order valence-electron chi connectivity index (χ3n) is 4.71. The minimum atomic E-state index is 0.433. The number of nitrogens with zero attached hydrogens (tertiary/aromatic N) is 2. The van der Waals surface area contributed by atoms with E-state index in [-0.39, 0.29) is 0 Å². The first kappa shape index (κ1) is 16.3. The lowest BCUT2D eigenvalue weighted by Crippen LogP contribution is -2.38. The van der Waals surface area contributed by atoms with Gasteiger partial charge in [0.2, 0.25) is 0 Å². The van der Waals surface area contributed by atoms with Crippen LogP contribution in [-0.2, 0) is 13.0 Å². The van der Waals surface area contributed by atoms with Gasteiger partial charge in [0.25, 0.3) is 0 Å². The summed E-state index contributed by atoms with van der Waals surface area (Å²) in [6, 6.07) is 4.48. The maximum absolute atomic E-state index is 4.84. The molecule has 0 aliphatic carbocycles. The minimum Gasteiger partial charge on any atom is -0.357 e. The quantitative estimate of drug-likeness (QED) is 0.917. The van der Waals surface area contributed by atoms with E-state index in [1.165, 1.54) is 29.9 Å². The van der Waals surface area contributed by atoms with Gasteiger partial charge in [-0.2, -0.15) is 0 Å². The first-order valence-electron chi connectivity index (χ1n) is 8.33. The summed E-state index contributed by atoms with van der Waals surface area (Å²) >= 11 is 0. The summed E-state index contributed by atoms with van der Waals surface area (Å²) in [6.45, 7) is 12.5. The summed E-state index contributed by atoms with van der Waals surface area (Å²) in [4.78, 5) is 7.32. The van der Waals surface area contributed by atoms with E-state index in [1.807, 2.05) is 7.05 Å². The van der Waals surface area contributed by atoms with Crippen LogP contribution in [0.4, 0.5) is 5.82 Å². The summed E-state index contributed by atoms with van der Waals surface area (Å²) in [5.41, 5.74) is 2.98. The zero-order valence-corrected chi connectivity index (χ0v) is 14.4. The van der Waals surface area contributed by atoms with E-state index in [4.69, 9.17) is 4.98 Å². The third kappa shape index (κ3) is 4.19. The van der Waals surface area contributed by atoms with Crippen molar-refractivity contribution in [3.63, 3.8) is 0 Å². The summed E-state index contributed by atoms with van der Waals surface area (Å²) in [7, 11) is 2.00. The number of piperidine rings is 1. The van der Waals surface area contributed by atoms with Crippen molar-refractivity contribution in [3.8, 4) is 0 Å². The Hall–Kier alpha value is -1.09. The molecule has 2 rings (SSSR count). The first-order chi connectivity index (χ1) is 9.94. The van der Waals surface area contributed by atoms with Crippen molar-refractivity contribution in [1.82, 2.24) is 10.3 Å². The van der Waals surface area contributed by atoms with E-state index < -0.39 is 0 Å². The van der Waals surface area contributed by atoms with E-state index in [9.17, 15) is 0 Å². The third-order valence-corrected chi connectivity index (χ3v) is 4.71. The van der Waals surface area contributed by atoms with Crippen molar-refractivity contribution < 1.29 is 0 Å². The summed E-state index contributed by atoms with van der Waals surface area (Å²) in [6.07, 6.45) is 3.56. The average Bonchev–Trinajstić information content (AvgIpc) is 2.46. The van der Waals surface area contributed by atoms with Crippen molar-refractivity contribution >= 4 is 5.82 Å². The Morgan fingerprint density at radius 3 is 2.43 bits per heavy atom. The molecule has 1 saturated heterocycles. The zero-order chi connectivity index (χ0) is 15.5. The van der Waals surface area contributed by atoms with Crippen molar-refractivity contribution in [2.75, 3.05) is 25.0 Å². The lowest BCUT2D eigenvalue weighted by Gasteiger charge is -2.39. The van der Waals surface area contributed by atoms with Crippen LogP contribution in [0, 0.1) is 11.3 Å². The van der Waals surface area contributed by atoms with Crippen LogP contribution in [-0.4, -0.2) is 25.1 Å². The van der Waals surface area contributed by atoms with Gasteiger partial charge in [-0.15, -0.1) is 0 Å². The Labute approximate surface area is 130 Å². The van der Waals surface area contributed by atoms with Gasteiger partial charge in [0.05, 0.1) is 0 Å². The first-order valence-corrected chi connectivity index (χ1v) is 8.33. The van der Waals surface area contributed by atoms with Crippen LogP contribution in [0.5, 0.6) is 0 Å². The van der Waals surface area contributed by atoms with Gasteiger partial charge in [0, 0.05) is 25.3 Å². The Balaban J connectivity index is 2.10. The fraction of sp³-hybridized carbons (Fsp3) is 0.722. The molecule has 1 aliphatic heterocycles. The number of aryl methyl sites for hydroxylation is 1. The second-order valence-electron chi connectivity index (χ2n) is 7.34. The van der Waals surface area contributed by atoms with E-state index in [0.29, 0.717) is 5.41 Å². The average molecular weight is 289 g/mol. The van der Waals surface area contributed by atoms with Crippen LogP contribution in [0.1, 0.15) is 51.8 Å². The standard InChI is InChI=1S/C18H31N3/c1-6-16-11-14(13-19-5)12-17(20-16)21-9-7-15(8-10-21)18(2,3)4/h11-12,15,19H,6-10,13H2,1-5H3. The minimum absolute atomic E-state index is 0.433. The number of hydrogen-bond acceptors (Lipinski definition) is 3. The van der Waals surface area contributed by atoms with Gasteiger partial charge >= 0.3 is 0 Å².